The number of pyridine rings is 1. The van der Waals surface area contributed by atoms with E-state index in [1.165, 1.54) is 11.8 Å². The first-order valence-corrected chi connectivity index (χ1v) is 12.9. The molecule has 0 spiro atoms. The number of aryl methyl sites for hydroxylation is 3. The number of carbonyl (C=O) groups excluding carboxylic acids is 1. The summed E-state index contributed by atoms with van der Waals surface area (Å²) in [7, 11) is 0. The van der Waals surface area contributed by atoms with Gasteiger partial charge in [0.05, 0.1) is 16.5 Å². The smallest absolute Gasteiger partial charge is 0.237 e. The van der Waals surface area contributed by atoms with Gasteiger partial charge in [0.25, 0.3) is 0 Å². The lowest BCUT2D eigenvalue weighted by Crippen LogP contribution is -2.25. The molecule has 0 saturated heterocycles. The second-order valence-electron chi connectivity index (χ2n) is 8.90. The van der Waals surface area contributed by atoms with E-state index in [2.05, 4.69) is 11.4 Å². The van der Waals surface area contributed by atoms with Crippen LogP contribution in [-0.4, -0.2) is 16.1 Å². The van der Waals surface area contributed by atoms with Gasteiger partial charge in [-0.3, -0.25) is 4.79 Å². The molecule has 0 aliphatic rings. The molecular formula is C31H29N3OS. The Morgan fingerprint density at radius 3 is 2.31 bits per heavy atom. The average Bonchev–Trinajstić information content (AvgIpc) is 2.89. The van der Waals surface area contributed by atoms with Crippen molar-refractivity contribution in [2.24, 2.45) is 0 Å². The molecule has 1 heterocycles. The van der Waals surface area contributed by atoms with Gasteiger partial charge in [-0.05, 0) is 56.0 Å². The summed E-state index contributed by atoms with van der Waals surface area (Å²) in [5.41, 5.74) is 8.05. The highest BCUT2D eigenvalue weighted by atomic mass is 32.2. The first kappa shape index (κ1) is 25.2. The summed E-state index contributed by atoms with van der Waals surface area (Å²) >= 11 is 1.35. The van der Waals surface area contributed by atoms with E-state index < -0.39 is 5.25 Å². The predicted molar refractivity (Wildman–Crippen MR) is 149 cm³/mol. The predicted octanol–water partition coefficient (Wildman–Crippen LogP) is 7.72. The molecule has 1 atom stereocenters. The molecule has 0 radical (unpaired) electrons. The Kier molecular flexibility index (Phi) is 7.87. The number of nitrogens with one attached hydrogen (secondary N) is 1. The van der Waals surface area contributed by atoms with E-state index in [1.54, 1.807) is 0 Å². The Morgan fingerprint density at radius 1 is 0.944 bits per heavy atom. The molecule has 0 aliphatic carbocycles. The average molecular weight is 492 g/mol. The second kappa shape index (κ2) is 11.2. The van der Waals surface area contributed by atoms with Crippen molar-refractivity contribution < 1.29 is 4.79 Å². The van der Waals surface area contributed by atoms with Gasteiger partial charge in [-0.2, -0.15) is 5.26 Å². The van der Waals surface area contributed by atoms with Crippen molar-refractivity contribution in [3.05, 3.63) is 101 Å². The summed E-state index contributed by atoms with van der Waals surface area (Å²) < 4.78 is 0. The minimum atomic E-state index is -0.401. The Labute approximate surface area is 217 Å². The van der Waals surface area contributed by atoms with Crippen LogP contribution < -0.4 is 5.32 Å². The van der Waals surface area contributed by atoms with Gasteiger partial charge in [-0.25, -0.2) is 4.98 Å². The molecule has 1 N–H and O–H groups in total. The summed E-state index contributed by atoms with van der Waals surface area (Å²) in [4.78, 5) is 18.2. The van der Waals surface area contributed by atoms with Crippen molar-refractivity contribution in [3.8, 4) is 28.5 Å². The first-order chi connectivity index (χ1) is 17.4. The van der Waals surface area contributed by atoms with E-state index in [9.17, 15) is 10.1 Å². The van der Waals surface area contributed by atoms with Crippen molar-refractivity contribution in [2.75, 3.05) is 5.32 Å². The van der Waals surface area contributed by atoms with Gasteiger partial charge < -0.3 is 5.32 Å². The summed E-state index contributed by atoms with van der Waals surface area (Å²) in [5.74, 6) is -0.0936. The van der Waals surface area contributed by atoms with Crippen LogP contribution in [0.1, 0.15) is 35.6 Å². The monoisotopic (exact) mass is 491 g/mol. The van der Waals surface area contributed by atoms with Crippen LogP contribution in [0.2, 0.25) is 0 Å². The van der Waals surface area contributed by atoms with Crippen LogP contribution in [-0.2, 0) is 4.79 Å². The number of benzene rings is 3. The number of thioether (sulfide) groups is 1. The standard InChI is InChI=1S/C31H29N3OS/c1-5-29(30(35)33-27-17-21(3)11-14-22(27)4)36-31-26(19-32)25(23-15-12-20(2)13-16-23)18-28(34-31)24-9-7-6-8-10-24/h6-18,29H,5H2,1-4H3,(H,33,35). The van der Waals surface area contributed by atoms with Crippen molar-refractivity contribution in [2.45, 2.75) is 44.4 Å². The third-order valence-corrected chi connectivity index (χ3v) is 7.45. The number of anilines is 1. The summed E-state index contributed by atoms with van der Waals surface area (Å²) in [5, 5.41) is 13.5. The summed E-state index contributed by atoms with van der Waals surface area (Å²) in [6, 6.07) is 28.4. The number of aromatic nitrogens is 1. The molecule has 0 fully saturated rings. The molecule has 0 aliphatic heterocycles. The molecule has 1 unspecified atom stereocenters. The first-order valence-electron chi connectivity index (χ1n) is 12.0. The van der Waals surface area contributed by atoms with Crippen LogP contribution >= 0.6 is 11.8 Å². The summed E-state index contributed by atoms with van der Waals surface area (Å²) in [6.07, 6.45) is 0.601. The minimum Gasteiger partial charge on any atom is -0.325 e. The number of hydrogen-bond acceptors (Lipinski definition) is 4. The lowest BCUT2D eigenvalue weighted by Gasteiger charge is -2.18. The fourth-order valence-corrected chi connectivity index (χ4v) is 5.00. The number of hydrogen-bond donors (Lipinski definition) is 1. The highest BCUT2D eigenvalue weighted by molar-refractivity contribution is 8.00. The maximum absolute atomic E-state index is 13.3. The van der Waals surface area contributed by atoms with Gasteiger partial charge in [-0.15, -0.1) is 0 Å². The van der Waals surface area contributed by atoms with Gasteiger partial charge in [0.15, 0.2) is 0 Å². The quantitative estimate of drug-likeness (QED) is 0.269. The SMILES string of the molecule is CCC(Sc1nc(-c2ccccc2)cc(-c2ccc(C)cc2)c1C#N)C(=O)Nc1cc(C)ccc1C. The zero-order valence-corrected chi connectivity index (χ0v) is 21.8. The van der Waals surface area contributed by atoms with Crippen LogP contribution in [0.15, 0.2) is 83.9 Å². The molecule has 1 amide bonds. The Hall–Kier alpha value is -3.88. The van der Waals surface area contributed by atoms with Crippen molar-refractivity contribution in [1.82, 2.24) is 4.98 Å². The molecular weight excluding hydrogens is 462 g/mol. The Balaban J connectivity index is 1.76. The number of amides is 1. The zero-order chi connectivity index (χ0) is 25.7. The van der Waals surface area contributed by atoms with E-state index in [0.717, 1.165) is 44.8 Å². The molecule has 5 heteroatoms. The van der Waals surface area contributed by atoms with E-state index >= 15 is 0 Å². The van der Waals surface area contributed by atoms with Crippen molar-refractivity contribution in [1.29, 1.82) is 5.26 Å². The van der Waals surface area contributed by atoms with E-state index in [4.69, 9.17) is 4.98 Å². The van der Waals surface area contributed by atoms with E-state index in [-0.39, 0.29) is 5.91 Å². The Bertz CT molecular complexity index is 1420. The third kappa shape index (κ3) is 5.67. The topological polar surface area (TPSA) is 65.8 Å². The van der Waals surface area contributed by atoms with Crippen LogP contribution in [0.5, 0.6) is 0 Å². The van der Waals surface area contributed by atoms with Gasteiger partial charge in [0, 0.05) is 16.8 Å². The number of rotatable bonds is 7. The zero-order valence-electron chi connectivity index (χ0n) is 21.0. The molecule has 3 aromatic carbocycles. The molecule has 1 aromatic heterocycles. The third-order valence-electron chi connectivity index (χ3n) is 6.10. The molecule has 4 nitrogen and oxygen atoms in total. The van der Waals surface area contributed by atoms with Crippen LogP contribution in [0.3, 0.4) is 0 Å². The van der Waals surface area contributed by atoms with Gasteiger partial charge >= 0.3 is 0 Å². The fraction of sp³-hybridized carbons (Fsp3) is 0.194. The largest absolute Gasteiger partial charge is 0.325 e. The van der Waals surface area contributed by atoms with E-state index in [1.807, 2.05) is 107 Å². The van der Waals surface area contributed by atoms with Crippen molar-refractivity contribution in [3.63, 3.8) is 0 Å². The molecule has 0 bridgehead atoms. The fourth-order valence-electron chi connectivity index (χ4n) is 3.97. The number of nitriles is 1. The van der Waals surface area contributed by atoms with Crippen LogP contribution in [0, 0.1) is 32.1 Å². The summed E-state index contributed by atoms with van der Waals surface area (Å²) in [6.45, 7) is 8.01. The van der Waals surface area contributed by atoms with Gasteiger partial charge in [0.1, 0.15) is 11.1 Å². The molecule has 4 rings (SSSR count). The van der Waals surface area contributed by atoms with Gasteiger partial charge in [-0.1, -0.05) is 91.0 Å². The van der Waals surface area contributed by atoms with E-state index in [0.29, 0.717) is 17.0 Å². The second-order valence-corrected chi connectivity index (χ2v) is 10.1. The molecule has 0 saturated carbocycles. The molecule has 36 heavy (non-hydrogen) atoms. The van der Waals surface area contributed by atoms with Crippen molar-refractivity contribution >= 4 is 23.4 Å². The molecule has 180 valence electrons. The lowest BCUT2D eigenvalue weighted by atomic mass is 9.98. The highest BCUT2D eigenvalue weighted by Crippen LogP contribution is 2.37. The molecule has 4 aromatic rings. The number of carbonyl (C=O) groups is 1. The maximum atomic E-state index is 13.3. The van der Waals surface area contributed by atoms with Crippen LogP contribution in [0.4, 0.5) is 5.69 Å². The minimum absolute atomic E-state index is 0.0936. The maximum Gasteiger partial charge on any atom is 0.237 e. The van der Waals surface area contributed by atoms with Crippen LogP contribution in [0.25, 0.3) is 22.4 Å². The lowest BCUT2D eigenvalue weighted by molar-refractivity contribution is -0.115. The number of nitrogens with zero attached hydrogens (tertiary/aromatic N) is 2. The normalized spacial score (nSPS) is 11.5. The Morgan fingerprint density at radius 2 is 1.64 bits per heavy atom. The highest BCUT2D eigenvalue weighted by Gasteiger charge is 2.24. The van der Waals surface area contributed by atoms with Gasteiger partial charge in [0.2, 0.25) is 5.91 Å².